The minimum Gasteiger partial charge on any atom is -0.384 e. The second-order valence-electron chi connectivity index (χ2n) is 7.96. The molecule has 3 heterocycles. The summed E-state index contributed by atoms with van der Waals surface area (Å²) >= 11 is 0. The minimum atomic E-state index is -0.0284. The Morgan fingerprint density at radius 1 is 1.39 bits per heavy atom. The molecular weight excluding hydrogens is 358 g/mol. The van der Waals surface area contributed by atoms with E-state index in [1.807, 2.05) is 36.1 Å². The standard InChI is InChI=1S/C21H27N3O4/c1-15-6-3-4-7-17(15)20-22-18(28-23-20)8-5-9-19(25)24-10-16-11-27-14-21(16,12-24)13-26-2/h3-4,6-7,16H,5,8-14H2,1-2H3/t16-,21-/m0/s1. The van der Waals surface area contributed by atoms with E-state index in [2.05, 4.69) is 10.1 Å². The molecule has 1 amide bonds. The number of likely N-dealkylation sites (tertiary alicyclic amines) is 1. The van der Waals surface area contributed by atoms with Gasteiger partial charge in [-0.25, -0.2) is 0 Å². The number of hydrogen-bond acceptors (Lipinski definition) is 6. The van der Waals surface area contributed by atoms with Gasteiger partial charge in [-0.1, -0.05) is 29.4 Å². The van der Waals surface area contributed by atoms with E-state index < -0.39 is 0 Å². The Hall–Kier alpha value is -2.25. The van der Waals surface area contributed by atoms with E-state index in [1.165, 1.54) is 0 Å². The first kappa shape index (κ1) is 19.1. The number of aromatic nitrogens is 2. The lowest BCUT2D eigenvalue weighted by Crippen LogP contribution is -2.37. The van der Waals surface area contributed by atoms with Crippen molar-refractivity contribution in [1.82, 2.24) is 15.0 Å². The summed E-state index contributed by atoms with van der Waals surface area (Å²) in [5.41, 5.74) is 2.06. The van der Waals surface area contributed by atoms with Crippen molar-refractivity contribution in [2.45, 2.75) is 26.2 Å². The Morgan fingerprint density at radius 2 is 2.25 bits per heavy atom. The number of rotatable bonds is 7. The first-order valence-electron chi connectivity index (χ1n) is 9.84. The molecule has 2 fully saturated rings. The van der Waals surface area contributed by atoms with Gasteiger partial charge < -0.3 is 18.9 Å². The van der Waals surface area contributed by atoms with E-state index in [4.69, 9.17) is 14.0 Å². The van der Waals surface area contributed by atoms with E-state index in [9.17, 15) is 4.79 Å². The number of ether oxygens (including phenoxy) is 2. The van der Waals surface area contributed by atoms with Gasteiger partial charge in [-0.05, 0) is 18.9 Å². The van der Waals surface area contributed by atoms with Gasteiger partial charge in [0.2, 0.25) is 17.6 Å². The Labute approximate surface area is 165 Å². The molecule has 2 atom stereocenters. The molecule has 0 radical (unpaired) electrons. The zero-order chi connectivity index (χ0) is 19.6. The van der Waals surface area contributed by atoms with Crippen LogP contribution in [0.4, 0.5) is 0 Å². The van der Waals surface area contributed by atoms with Gasteiger partial charge in [0.05, 0.1) is 19.8 Å². The van der Waals surface area contributed by atoms with Crippen LogP contribution in [0.3, 0.4) is 0 Å². The molecule has 28 heavy (non-hydrogen) atoms. The largest absolute Gasteiger partial charge is 0.384 e. The zero-order valence-corrected chi connectivity index (χ0v) is 16.5. The van der Waals surface area contributed by atoms with Gasteiger partial charge in [0, 0.05) is 49.9 Å². The monoisotopic (exact) mass is 385 g/mol. The summed E-state index contributed by atoms with van der Waals surface area (Å²) in [6.07, 6.45) is 1.79. The highest BCUT2D eigenvalue weighted by atomic mass is 16.5. The number of hydrogen-bond donors (Lipinski definition) is 0. The summed E-state index contributed by atoms with van der Waals surface area (Å²) in [4.78, 5) is 19.1. The molecule has 2 aliphatic rings. The molecule has 0 N–H and O–H groups in total. The number of carbonyl (C=O) groups is 1. The molecule has 2 aromatic rings. The number of fused-ring (bicyclic) bond motifs is 1. The van der Waals surface area contributed by atoms with Crippen molar-refractivity contribution in [3.63, 3.8) is 0 Å². The summed E-state index contributed by atoms with van der Waals surface area (Å²) in [5, 5.41) is 4.08. The van der Waals surface area contributed by atoms with Crippen molar-refractivity contribution in [3.05, 3.63) is 35.7 Å². The third-order valence-corrected chi connectivity index (χ3v) is 5.94. The summed E-state index contributed by atoms with van der Waals surface area (Å²) in [5.74, 6) is 1.74. The normalized spacial score (nSPS) is 23.9. The number of carbonyl (C=O) groups excluding carboxylic acids is 1. The lowest BCUT2D eigenvalue weighted by Gasteiger charge is -2.25. The second-order valence-corrected chi connectivity index (χ2v) is 7.96. The van der Waals surface area contributed by atoms with Gasteiger partial charge in [-0.3, -0.25) is 4.79 Å². The van der Waals surface area contributed by atoms with Gasteiger partial charge in [-0.2, -0.15) is 4.98 Å². The average Bonchev–Trinajstić information content (AvgIpc) is 3.36. The van der Waals surface area contributed by atoms with Crippen molar-refractivity contribution >= 4 is 5.91 Å². The molecule has 0 saturated carbocycles. The first-order valence-corrected chi connectivity index (χ1v) is 9.84. The number of benzene rings is 1. The fourth-order valence-electron chi connectivity index (χ4n) is 4.35. The van der Waals surface area contributed by atoms with Crippen LogP contribution in [0.5, 0.6) is 0 Å². The smallest absolute Gasteiger partial charge is 0.226 e. The van der Waals surface area contributed by atoms with E-state index in [-0.39, 0.29) is 11.3 Å². The van der Waals surface area contributed by atoms with E-state index >= 15 is 0 Å². The molecule has 1 aromatic heterocycles. The number of nitrogens with zero attached hydrogens (tertiary/aromatic N) is 3. The van der Waals surface area contributed by atoms with Crippen LogP contribution < -0.4 is 0 Å². The van der Waals surface area contributed by atoms with Crippen LogP contribution in [0, 0.1) is 18.3 Å². The van der Waals surface area contributed by atoms with Gasteiger partial charge >= 0.3 is 0 Å². The molecule has 0 aliphatic carbocycles. The average molecular weight is 385 g/mol. The molecule has 1 aromatic carbocycles. The SMILES string of the molecule is COC[C@@]12COC[C@@H]1CN(C(=O)CCCc1nc(-c3ccccc3C)no1)C2. The summed E-state index contributed by atoms with van der Waals surface area (Å²) in [6, 6.07) is 7.96. The first-order chi connectivity index (χ1) is 13.6. The fourth-order valence-corrected chi connectivity index (χ4v) is 4.35. The topological polar surface area (TPSA) is 77.7 Å². The number of methoxy groups -OCH3 is 1. The van der Waals surface area contributed by atoms with E-state index in [0.717, 1.165) is 30.8 Å². The molecule has 0 spiro atoms. The summed E-state index contributed by atoms with van der Waals surface area (Å²) < 4.78 is 16.4. The van der Waals surface area contributed by atoms with Crippen LogP contribution in [0.25, 0.3) is 11.4 Å². The molecule has 7 heteroatoms. The van der Waals surface area contributed by atoms with Crippen LogP contribution in [0.1, 0.15) is 24.3 Å². The Balaban J connectivity index is 1.29. The van der Waals surface area contributed by atoms with Gasteiger partial charge in [0.15, 0.2) is 0 Å². The highest BCUT2D eigenvalue weighted by Crippen LogP contribution is 2.41. The van der Waals surface area contributed by atoms with Crippen LogP contribution in [-0.4, -0.2) is 61.0 Å². The Kier molecular flexibility index (Phi) is 5.46. The van der Waals surface area contributed by atoms with Crippen LogP contribution >= 0.6 is 0 Å². The van der Waals surface area contributed by atoms with Gasteiger partial charge in [0.1, 0.15) is 0 Å². The van der Waals surface area contributed by atoms with Crippen molar-refractivity contribution in [3.8, 4) is 11.4 Å². The summed E-state index contributed by atoms with van der Waals surface area (Å²) in [6.45, 7) is 5.56. The van der Waals surface area contributed by atoms with E-state index in [0.29, 0.717) is 50.1 Å². The molecule has 150 valence electrons. The van der Waals surface area contributed by atoms with Crippen LogP contribution in [-0.2, 0) is 20.7 Å². The molecule has 0 bridgehead atoms. The van der Waals surface area contributed by atoms with Crippen molar-refractivity contribution in [2.24, 2.45) is 11.3 Å². The second kappa shape index (κ2) is 8.01. The Bertz CT molecular complexity index is 837. The summed E-state index contributed by atoms with van der Waals surface area (Å²) in [7, 11) is 1.71. The molecule has 2 saturated heterocycles. The third kappa shape index (κ3) is 3.69. The lowest BCUT2D eigenvalue weighted by molar-refractivity contribution is -0.131. The molecule has 4 rings (SSSR count). The van der Waals surface area contributed by atoms with Crippen molar-refractivity contribution in [1.29, 1.82) is 0 Å². The van der Waals surface area contributed by atoms with Crippen LogP contribution in [0.2, 0.25) is 0 Å². The fraction of sp³-hybridized carbons (Fsp3) is 0.571. The number of aryl methyl sites for hydroxylation is 2. The Morgan fingerprint density at radius 3 is 3.07 bits per heavy atom. The highest BCUT2D eigenvalue weighted by Gasteiger charge is 2.51. The molecule has 0 unspecified atom stereocenters. The maximum Gasteiger partial charge on any atom is 0.226 e. The third-order valence-electron chi connectivity index (χ3n) is 5.94. The predicted molar refractivity (Wildman–Crippen MR) is 103 cm³/mol. The predicted octanol–water partition coefficient (Wildman–Crippen LogP) is 2.49. The molecule has 2 aliphatic heterocycles. The minimum absolute atomic E-state index is 0.0284. The number of amides is 1. The van der Waals surface area contributed by atoms with Gasteiger partial charge in [-0.15, -0.1) is 0 Å². The van der Waals surface area contributed by atoms with E-state index in [1.54, 1.807) is 7.11 Å². The highest BCUT2D eigenvalue weighted by molar-refractivity contribution is 5.76. The lowest BCUT2D eigenvalue weighted by atomic mass is 9.82. The maximum atomic E-state index is 12.7. The van der Waals surface area contributed by atoms with Crippen molar-refractivity contribution < 1.29 is 18.8 Å². The quantitative estimate of drug-likeness (QED) is 0.729. The zero-order valence-electron chi connectivity index (χ0n) is 16.5. The van der Waals surface area contributed by atoms with Gasteiger partial charge in [0.25, 0.3) is 0 Å². The van der Waals surface area contributed by atoms with Crippen LogP contribution in [0.15, 0.2) is 28.8 Å². The van der Waals surface area contributed by atoms with Crippen molar-refractivity contribution in [2.75, 3.05) is 40.0 Å². The molecular formula is C21H27N3O4. The molecule has 7 nitrogen and oxygen atoms in total. The maximum absolute atomic E-state index is 12.7.